The van der Waals surface area contributed by atoms with Crippen LogP contribution in [0.4, 0.5) is 0 Å². The molecule has 1 heterocycles. The van der Waals surface area contributed by atoms with Gasteiger partial charge in [-0.25, -0.2) is 0 Å². The summed E-state index contributed by atoms with van der Waals surface area (Å²) in [5.74, 6) is 5.90. The van der Waals surface area contributed by atoms with Crippen LogP contribution < -0.4 is 0 Å². The van der Waals surface area contributed by atoms with Crippen LogP contribution >= 0.6 is 12.6 Å². The van der Waals surface area contributed by atoms with Gasteiger partial charge >= 0.3 is 5.97 Å². The summed E-state index contributed by atoms with van der Waals surface area (Å²) < 4.78 is 5.62. The lowest BCUT2D eigenvalue weighted by Crippen LogP contribution is -2.36. The van der Waals surface area contributed by atoms with E-state index in [9.17, 15) is 4.79 Å². The highest BCUT2D eigenvalue weighted by atomic mass is 32.1. The van der Waals surface area contributed by atoms with E-state index < -0.39 is 0 Å². The van der Waals surface area contributed by atoms with E-state index in [1.54, 1.807) is 0 Å². The van der Waals surface area contributed by atoms with E-state index in [0.717, 1.165) is 36.2 Å². The lowest BCUT2D eigenvalue weighted by atomic mass is 9.67. The Bertz CT molecular complexity index is 460. The Morgan fingerprint density at radius 1 is 1.11 bits per heavy atom. The summed E-state index contributed by atoms with van der Waals surface area (Å²) in [7, 11) is 0. The largest absolute Gasteiger partial charge is 0.465 e. The summed E-state index contributed by atoms with van der Waals surface area (Å²) in [6.45, 7) is 3.05. The average Bonchev–Trinajstić information content (AvgIpc) is 3.00. The quantitative estimate of drug-likeness (QED) is 0.419. The molecule has 0 N–H and O–H groups in total. The minimum atomic E-state index is 0.131. The van der Waals surface area contributed by atoms with Crippen LogP contribution in [0, 0.1) is 47.3 Å². The van der Waals surface area contributed by atoms with Gasteiger partial charge in [0.25, 0.3) is 0 Å². The summed E-state index contributed by atoms with van der Waals surface area (Å²) in [5, 5.41) is 0. The van der Waals surface area contributed by atoms with Crippen LogP contribution in [0.25, 0.3) is 0 Å². The number of esters is 1. The van der Waals surface area contributed by atoms with Crippen molar-refractivity contribution < 1.29 is 9.53 Å². The van der Waals surface area contributed by atoms with Crippen LogP contribution in [-0.2, 0) is 9.53 Å². The number of cyclic esters (lactones) is 1. The van der Waals surface area contributed by atoms with Crippen molar-refractivity contribution in [3.05, 3.63) is 0 Å². The second-order valence-corrected chi connectivity index (χ2v) is 9.28. The summed E-state index contributed by atoms with van der Waals surface area (Å²) in [6, 6.07) is 0. The van der Waals surface area contributed by atoms with Gasteiger partial charge in [0.1, 0.15) is 0 Å². The minimum absolute atomic E-state index is 0.131. The van der Waals surface area contributed by atoms with Crippen molar-refractivity contribution >= 4 is 18.6 Å². The second kappa shape index (κ2) is 3.35. The van der Waals surface area contributed by atoms with E-state index in [-0.39, 0.29) is 16.6 Å². The number of hydrogen-bond donors (Lipinski definition) is 1. The highest BCUT2D eigenvalue weighted by molar-refractivity contribution is 7.81. The molecule has 4 saturated carbocycles. The molecule has 4 aliphatic carbocycles. The smallest absolute Gasteiger partial charge is 0.309 e. The SMILES string of the molecule is CC1(S)CC2CC(C1)C1C3CC(C4COC(=O)C43)C21. The van der Waals surface area contributed by atoms with Crippen LogP contribution in [-0.4, -0.2) is 17.3 Å². The molecule has 0 aromatic heterocycles. The van der Waals surface area contributed by atoms with Crippen molar-refractivity contribution in [3.8, 4) is 0 Å². The van der Waals surface area contributed by atoms with Gasteiger partial charge in [-0.05, 0) is 61.2 Å². The Morgan fingerprint density at radius 3 is 2.53 bits per heavy atom. The first-order valence-corrected chi connectivity index (χ1v) is 8.39. The second-order valence-electron chi connectivity index (χ2n) is 8.20. The molecule has 0 aromatic carbocycles. The number of hydrogen-bond acceptors (Lipinski definition) is 3. The van der Waals surface area contributed by atoms with E-state index in [1.165, 1.54) is 25.7 Å². The molecule has 4 bridgehead atoms. The van der Waals surface area contributed by atoms with Crippen molar-refractivity contribution in [2.45, 2.75) is 37.4 Å². The number of carbonyl (C=O) groups excluding carboxylic acids is 1. The number of carbonyl (C=O) groups is 1. The van der Waals surface area contributed by atoms with Gasteiger partial charge in [-0.15, -0.1) is 0 Å². The van der Waals surface area contributed by atoms with E-state index in [2.05, 4.69) is 6.92 Å². The first-order chi connectivity index (χ1) is 9.05. The molecule has 1 saturated heterocycles. The molecule has 3 heteroatoms. The molecular formula is C16H22O2S. The maximum absolute atomic E-state index is 12.0. The average molecular weight is 278 g/mol. The Kier molecular flexibility index (Phi) is 2.02. The van der Waals surface area contributed by atoms with Crippen molar-refractivity contribution in [2.24, 2.45) is 47.3 Å². The lowest BCUT2D eigenvalue weighted by Gasteiger charge is -2.35. The number of ether oxygens (including phenoxy) is 1. The first-order valence-electron chi connectivity index (χ1n) is 7.94. The monoisotopic (exact) mass is 278 g/mol. The van der Waals surface area contributed by atoms with Gasteiger partial charge < -0.3 is 4.74 Å². The number of rotatable bonds is 0. The molecule has 0 aromatic rings. The third-order valence-corrected chi connectivity index (χ3v) is 7.60. The summed E-state index contributed by atoms with van der Waals surface area (Å²) in [5.41, 5.74) is 0. The predicted octanol–water partition coefficient (Wildman–Crippen LogP) is 2.78. The normalized spacial score (nSPS) is 65.1. The number of fused-ring (bicyclic) bond motifs is 12. The zero-order chi connectivity index (χ0) is 12.9. The summed E-state index contributed by atoms with van der Waals surface area (Å²) >= 11 is 4.91. The molecule has 1 aliphatic heterocycles. The summed E-state index contributed by atoms with van der Waals surface area (Å²) in [6.07, 6.45) is 5.32. The maximum Gasteiger partial charge on any atom is 0.309 e. The Labute approximate surface area is 120 Å². The zero-order valence-electron chi connectivity index (χ0n) is 11.4. The van der Waals surface area contributed by atoms with Crippen molar-refractivity contribution in [1.82, 2.24) is 0 Å². The zero-order valence-corrected chi connectivity index (χ0v) is 12.3. The molecule has 0 spiro atoms. The van der Waals surface area contributed by atoms with Gasteiger partial charge in [-0.1, -0.05) is 6.92 Å². The van der Waals surface area contributed by atoms with Crippen LogP contribution in [0.15, 0.2) is 0 Å². The first kappa shape index (κ1) is 11.5. The highest BCUT2D eigenvalue weighted by Crippen LogP contribution is 2.71. The van der Waals surface area contributed by atoms with Crippen molar-refractivity contribution in [2.75, 3.05) is 6.61 Å². The molecule has 19 heavy (non-hydrogen) atoms. The fourth-order valence-corrected chi connectivity index (χ4v) is 7.63. The maximum atomic E-state index is 12.0. The van der Waals surface area contributed by atoms with Gasteiger partial charge in [0.2, 0.25) is 0 Å². The minimum Gasteiger partial charge on any atom is -0.465 e. The van der Waals surface area contributed by atoms with Gasteiger partial charge in [-0.3, -0.25) is 4.79 Å². The van der Waals surface area contributed by atoms with Crippen LogP contribution in [0.1, 0.15) is 32.6 Å². The lowest BCUT2D eigenvalue weighted by molar-refractivity contribution is -0.143. The third kappa shape index (κ3) is 1.29. The topological polar surface area (TPSA) is 26.3 Å². The van der Waals surface area contributed by atoms with Crippen LogP contribution in [0.5, 0.6) is 0 Å². The Morgan fingerprint density at radius 2 is 1.79 bits per heavy atom. The third-order valence-electron chi connectivity index (χ3n) is 7.24. The molecule has 5 fully saturated rings. The molecule has 0 radical (unpaired) electrons. The number of thiol groups is 1. The van der Waals surface area contributed by atoms with E-state index in [4.69, 9.17) is 17.4 Å². The van der Waals surface area contributed by atoms with Crippen LogP contribution in [0.2, 0.25) is 0 Å². The molecule has 0 amide bonds. The standard InChI is InChI=1S/C16H22O2S/c1-16(19)4-7-2-8(5-16)13-10-3-9(12(7)13)11-6-18-15(17)14(10)11/h7-14,19H,2-6H2,1H3. The van der Waals surface area contributed by atoms with E-state index in [0.29, 0.717) is 11.8 Å². The molecule has 104 valence electrons. The highest BCUT2D eigenvalue weighted by Gasteiger charge is 2.69. The molecule has 5 aliphatic rings. The fraction of sp³-hybridized carbons (Fsp3) is 0.938. The van der Waals surface area contributed by atoms with Crippen molar-refractivity contribution in [3.63, 3.8) is 0 Å². The predicted molar refractivity (Wildman–Crippen MR) is 74.7 cm³/mol. The molecule has 5 rings (SSSR count). The van der Waals surface area contributed by atoms with E-state index in [1.807, 2.05) is 0 Å². The Balaban J connectivity index is 1.54. The van der Waals surface area contributed by atoms with Crippen LogP contribution in [0.3, 0.4) is 0 Å². The molecule has 9 unspecified atom stereocenters. The molecular weight excluding hydrogens is 256 g/mol. The molecule has 2 nitrogen and oxygen atoms in total. The summed E-state index contributed by atoms with van der Waals surface area (Å²) in [4.78, 5) is 12.0. The fourth-order valence-electron chi connectivity index (χ4n) is 7.16. The van der Waals surface area contributed by atoms with Gasteiger partial charge in [0.05, 0.1) is 12.5 Å². The van der Waals surface area contributed by atoms with E-state index >= 15 is 0 Å². The molecule has 9 atom stereocenters. The van der Waals surface area contributed by atoms with Gasteiger partial charge in [0, 0.05) is 10.7 Å². The van der Waals surface area contributed by atoms with Gasteiger partial charge in [-0.2, -0.15) is 12.6 Å². The van der Waals surface area contributed by atoms with Gasteiger partial charge in [0.15, 0.2) is 0 Å². The Hall–Kier alpha value is -0.180. The van der Waals surface area contributed by atoms with Crippen molar-refractivity contribution in [1.29, 1.82) is 0 Å².